The molecule has 4 aromatic rings. The summed E-state index contributed by atoms with van der Waals surface area (Å²) in [5, 5.41) is 10.9. The van der Waals surface area contributed by atoms with E-state index in [9.17, 15) is 9.59 Å². The molecule has 0 atom stereocenters. The maximum absolute atomic E-state index is 12.7. The number of rotatable bonds is 5. The number of aromatic nitrogens is 5. The largest absolute Gasteiger partial charge is 0.363 e. The Morgan fingerprint density at radius 2 is 2.04 bits per heavy atom. The lowest BCUT2D eigenvalue weighted by atomic mass is 10.2. The molecule has 27 heavy (non-hydrogen) atoms. The molecule has 1 aromatic carbocycles. The predicted molar refractivity (Wildman–Crippen MR) is 97.6 cm³/mol. The molecular formula is C18H16N6O3. The lowest BCUT2D eigenvalue weighted by molar-refractivity contribution is -0.116. The van der Waals surface area contributed by atoms with E-state index >= 15 is 0 Å². The molecule has 0 radical (unpaired) electrons. The first-order chi connectivity index (χ1) is 13.1. The molecule has 0 spiro atoms. The van der Waals surface area contributed by atoms with Crippen molar-refractivity contribution in [3.05, 3.63) is 65.0 Å². The van der Waals surface area contributed by atoms with E-state index in [4.69, 9.17) is 0 Å². The summed E-state index contributed by atoms with van der Waals surface area (Å²) in [5.41, 5.74) is 2.20. The van der Waals surface area contributed by atoms with Gasteiger partial charge in [0.25, 0.3) is 5.56 Å². The number of benzene rings is 1. The van der Waals surface area contributed by atoms with Crippen LogP contribution in [0.3, 0.4) is 0 Å². The quantitative estimate of drug-likeness (QED) is 0.579. The molecule has 136 valence electrons. The number of nitrogens with one attached hydrogen (secondary N) is 1. The molecule has 1 amide bonds. The lowest BCUT2D eigenvalue weighted by Crippen LogP contribution is -2.23. The van der Waals surface area contributed by atoms with Gasteiger partial charge in [-0.3, -0.25) is 14.2 Å². The Bertz CT molecular complexity index is 1140. The molecule has 0 unspecified atom stereocenters. The van der Waals surface area contributed by atoms with Crippen LogP contribution in [0.15, 0.2) is 58.4 Å². The predicted octanol–water partition coefficient (Wildman–Crippen LogP) is 1.91. The molecule has 0 fully saturated rings. The van der Waals surface area contributed by atoms with Crippen molar-refractivity contribution in [3.8, 4) is 5.69 Å². The Morgan fingerprint density at radius 1 is 1.22 bits per heavy atom. The number of carbonyl (C=O) groups excluding carboxylic acids is 1. The molecule has 1 N–H and O–H groups in total. The average molecular weight is 364 g/mol. The Labute approximate surface area is 153 Å². The third kappa shape index (κ3) is 3.34. The maximum atomic E-state index is 12.7. The van der Waals surface area contributed by atoms with Crippen LogP contribution in [0.5, 0.6) is 0 Å². The molecule has 3 aromatic heterocycles. The summed E-state index contributed by atoms with van der Waals surface area (Å²) in [5.74, 6) is 0.0616. The molecule has 0 aliphatic heterocycles. The number of fused-ring (bicyclic) bond motifs is 1. The second kappa shape index (κ2) is 6.87. The van der Waals surface area contributed by atoms with Gasteiger partial charge in [-0.1, -0.05) is 22.9 Å². The van der Waals surface area contributed by atoms with Gasteiger partial charge in [0.1, 0.15) is 11.6 Å². The fourth-order valence-electron chi connectivity index (χ4n) is 2.69. The number of hydrogen-bond donors (Lipinski definition) is 1. The number of amides is 1. The molecule has 0 saturated carbocycles. The van der Waals surface area contributed by atoms with E-state index in [0.717, 1.165) is 11.3 Å². The van der Waals surface area contributed by atoms with E-state index in [2.05, 4.69) is 25.1 Å². The van der Waals surface area contributed by atoms with Crippen molar-refractivity contribution >= 4 is 22.8 Å². The summed E-state index contributed by atoms with van der Waals surface area (Å²) in [6, 6.07) is 9.32. The Hall–Kier alpha value is -3.75. The third-order valence-corrected chi connectivity index (χ3v) is 4.12. The number of nitrogens with zero attached hydrogens (tertiary/aromatic N) is 5. The van der Waals surface area contributed by atoms with Crippen LogP contribution < -0.4 is 10.9 Å². The van der Waals surface area contributed by atoms with Gasteiger partial charge in [-0.15, -0.1) is 0 Å². The second-order valence-corrected chi connectivity index (χ2v) is 6.06. The van der Waals surface area contributed by atoms with E-state index in [0.29, 0.717) is 16.9 Å². The van der Waals surface area contributed by atoms with E-state index < -0.39 is 0 Å². The van der Waals surface area contributed by atoms with Gasteiger partial charge in [-0.05, 0) is 19.1 Å². The molecule has 0 saturated heterocycles. The highest BCUT2D eigenvalue weighted by Gasteiger charge is 2.12. The van der Waals surface area contributed by atoms with E-state index in [1.165, 1.54) is 29.4 Å². The summed E-state index contributed by atoms with van der Waals surface area (Å²) < 4.78 is 7.67. The Kier molecular flexibility index (Phi) is 4.25. The van der Waals surface area contributed by atoms with E-state index in [-0.39, 0.29) is 24.4 Å². The van der Waals surface area contributed by atoms with Crippen molar-refractivity contribution < 1.29 is 9.32 Å². The molecule has 3 heterocycles. The van der Waals surface area contributed by atoms with Crippen molar-refractivity contribution in [1.82, 2.24) is 24.5 Å². The molecule has 0 bridgehead atoms. The normalized spacial score (nSPS) is 11.0. The van der Waals surface area contributed by atoms with Crippen LogP contribution in [0, 0.1) is 6.92 Å². The molecule has 0 aliphatic carbocycles. The highest BCUT2D eigenvalue weighted by molar-refractivity contribution is 5.89. The fourth-order valence-corrected chi connectivity index (χ4v) is 2.69. The fraction of sp³-hybridized carbons (Fsp3) is 0.167. The summed E-state index contributed by atoms with van der Waals surface area (Å²) in [6.07, 6.45) is 4.40. The zero-order valence-corrected chi connectivity index (χ0v) is 14.5. The topological polar surface area (TPSA) is 108 Å². The minimum atomic E-state index is -0.272. The molecule has 0 aliphatic rings. The van der Waals surface area contributed by atoms with Gasteiger partial charge < -0.3 is 9.84 Å². The minimum Gasteiger partial charge on any atom is -0.363 e. The average Bonchev–Trinajstić information content (AvgIpc) is 3.32. The maximum Gasteiger partial charge on any atom is 0.264 e. The van der Waals surface area contributed by atoms with Crippen molar-refractivity contribution in [1.29, 1.82) is 0 Å². The Morgan fingerprint density at radius 3 is 2.78 bits per heavy atom. The zero-order chi connectivity index (χ0) is 18.8. The van der Waals surface area contributed by atoms with Gasteiger partial charge >= 0.3 is 0 Å². The van der Waals surface area contributed by atoms with Crippen LogP contribution in [0.25, 0.3) is 16.7 Å². The van der Waals surface area contributed by atoms with Crippen LogP contribution in [0.1, 0.15) is 12.0 Å². The van der Waals surface area contributed by atoms with Crippen LogP contribution in [0.4, 0.5) is 5.82 Å². The van der Waals surface area contributed by atoms with Crippen molar-refractivity contribution in [2.75, 3.05) is 5.32 Å². The first-order valence-electron chi connectivity index (χ1n) is 8.32. The zero-order valence-electron chi connectivity index (χ0n) is 14.5. The van der Waals surface area contributed by atoms with Gasteiger partial charge in [0.15, 0.2) is 11.5 Å². The van der Waals surface area contributed by atoms with Crippen LogP contribution in [0.2, 0.25) is 0 Å². The second-order valence-electron chi connectivity index (χ2n) is 6.06. The number of carbonyl (C=O) groups is 1. The van der Waals surface area contributed by atoms with Gasteiger partial charge in [0.05, 0.1) is 18.2 Å². The summed E-state index contributed by atoms with van der Waals surface area (Å²) in [6.45, 7) is 2.20. The molecule has 9 nitrogen and oxygen atoms in total. The van der Waals surface area contributed by atoms with Crippen LogP contribution in [-0.4, -0.2) is 30.4 Å². The number of hydrogen-bond acceptors (Lipinski definition) is 6. The summed E-state index contributed by atoms with van der Waals surface area (Å²) >= 11 is 0. The monoisotopic (exact) mass is 364 g/mol. The highest BCUT2D eigenvalue weighted by atomic mass is 16.5. The standard InChI is InChI=1S/C18H16N6O3/c1-12-2-4-13(5-3-12)24-17-14(10-20-24)18(26)23(11-19-17)8-6-16(25)21-15-7-9-27-22-15/h2-5,7,9-11H,6,8H2,1H3,(H,21,22,25). The van der Waals surface area contributed by atoms with E-state index in [1.54, 1.807) is 4.68 Å². The Balaban J connectivity index is 1.55. The number of aryl methyl sites for hydroxylation is 2. The van der Waals surface area contributed by atoms with Crippen molar-refractivity contribution in [2.24, 2.45) is 0 Å². The van der Waals surface area contributed by atoms with Crippen molar-refractivity contribution in [3.63, 3.8) is 0 Å². The molecule has 9 heteroatoms. The lowest BCUT2D eigenvalue weighted by Gasteiger charge is -2.06. The molecule has 4 rings (SSSR count). The SMILES string of the molecule is Cc1ccc(-n2ncc3c(=O)n(CCC(=O)Nc4ccon4)cnc32)cc1. The van der Waals surface area contributed by atoms with Gasteiger partial charge in [0, 0.05) is 19.0 Å². The highest BCUT2D eigenvalue weighted by Crippen LogP contribution is 2.14. The third-order valence-electron chi connectivity index (χ3n) is 4.12. The number of anilines is 1. The molecular weight excluding hydrogens is 348 g/mol. The van der Waals surface area contributed by atoms with E-state index in [1.807, 2.05) is 31.2 Å². The van der Waals surface area contributed by atoms with Gasteiger partial charge in [-0.25, -0.2) is 9.67 Å². The van der Waals surface area contributed by atoms with Crippen LogP contribution >= 0.6 is 0 Å². The summed E-state index contributed by atoms with van der Waals surface area (Å²) in [4.78, 5) is 29.0. The van der Waals surface area contributed by atoms with Crippen LogP contribution in [-0.2, 0) is 11.3 Å². The summed E-state index contributed by atoms with van der Waals surface area (Å²) in [7, 11) is 0. The van der Waals surface area contributed by atoms with Gasteiger partial charge in [0.2, 0.25) is 5.91 Å². The smallest absolute Gasteiger partial charge is 0.264 e. The van der Waals surface area contributed by atoms with Crippen molar-refractivity contribution in [2.45, 2.75) is 19.9 Å². The minimum absolute atomic E-state index is 0.103. The first kappa shape index (κ1) is 16.7. The van der Waals surface area contributed by atoms with Gasteiger partial charge in [-0.2, -0.15) is 5.10 Å². The first-order valence-corrected chi connectivity index (χ1v) is 8.32.